The molecule has 98 valence electrons. The lowest BCUT2D eigenvalue weighted by atomic mass is 10.2. The van der Waals surface area contributed by atoms with E-state index < -0.39 is 0 Å². The number of halogens is 1. The monoisotopic (exact) mass is 339 g/mol. The predicted octanol–water partition coefficient (Wildman–Crippen LogP) is 3.55. The van der Waals surface area contributed by atoms with Crippen LogP contribution in [0.5, 0.6) is 11.5 Å². The van der Waals surface area contributed by atoms with Crippen LogP contribution in [0.15, 0.2) is 22.8 Å². The molecule has 4 nitrogen and oxygen atoms in total. The van der Waals surface area contributed by atoms with Crippen LogP contribution in [0.4, 0.5) is 0 Å². The average molecular weight is 340 g/mol. The fourth-order valence-electron chi connectivity index (χ4n) is 1.83. The molecule has 2 heterocycles. The molecule has 1 aromatic carbocycles. The van der Waals surface area contributed by atoms with Crippen molar-refractivity contribution in [2.45, 2.75) is 6.42 Å². The maximum Gasteiger partial charge on any atom is 0.175 e. The Bertz CT molecular complexity index is 626. The number of ether oxygens (including phenoxy) is 2. The minimum Gasteiger partial charge on any atom is -0.489 e. The Labute approximate surface area is 122 Å². The van der Waals surface area contributed by atoms with Crippen molar-refractivity contribution in [1.82, 2.24) is 4.98 Å². The topological polar surface area (TPSA) is 48.4 Å². The van der Waals surface area contributed by atoms with Crippen LogP contribution in [0.25, 0.3) is 10.6 Å². The minimum absolute atomic E-state index is 0.609. The van der Waals surface area contributed by atoms with Gasteiger partial charge in [0.2, 0.25) is 0 Å². The third-order valence-electron chi connectivity index (χ3n) is 2.69. The Kier molecular flexibility index (Phi) is 3.52. The zero-order chi connectivity index (χ0) is 13.2. The second-order valence-electron chi connectivity index (χ2n) is 4.02. The van der Waals surface area contributed by atoms with Gasteiger partial charge < -0.3 is 9.47 Å². The van der Waals surface area contributed by atoms with Crippen LogP contribution in [-0.2, 0) is 0 Å². The SMILES string of the molecule is O=Cc1cnc(-c2cc(Br)c3c(c2)OCCCO3)s1. The molecule has 0 radical (unpaired) electrons. The molecular weight excluding hydrogens is 330 g/mol. The van der Waals surface area contributed by atoms with Crippen LogP contribution < -0.4 is 9.47 Å². The van der Waals surface area contributed by atoms with Gasteiger partial charge in [-0.25, -0.2) is 4.98 Å². The Morgan fingerprint density at radius 3 is 2.95 bits per heavy atom. The molecule has 0 saturated heterocycles. The highest BCUT2D eigenvalue weighted by Gasteiger charge is 2.17. The standard InChI is InChI=1S/C13H10BrNO3S/c14-10-4-8(13-15-6-9(7-16)19-13)5-11-12(10)18-3-1-2-17-11/h4-7H,1-3H2. The summed E-state index contributed by atoms with van der Waals surface area (Å²) in [6.07, 6.45) is 3.24. The lowest BCUT2D eigenvalue weighted by Gasteiger charge is -2.10. The molecule has 1 aliphatic rings. The Morgan fingerprint density at radius 2 is 2.16 bits per heavy atom. The van der Waals surface area contributed by atoms with E-state index in [0.29, 0.717) is 23.8 Å². The largest absolute Gasteiger partial charge is 0.489 e. The third-order valence-corrected chi connectivity index (χ3v) is 4.25. The summed E-state index contributed by atoms with van der Waals surface area (Å²) in [5, 5.41) is 0.790. The smallest absolute Gasteiger partial charge is 0.175 e. The summed E-state index contributed by atoms with van der Waals surface area (Å²) in [5.41, 5.74) is 0.911. The maximum atomic E-state index is 10.7. The van der Waals surface area contributed by atoms with E-state index in [1.54, 1.807) is 6.20 Å². The zero-order valence-corrected chi connectivity index (χ0v) is 12.3. The highest BCUT2D eigenvalue weighted by molar-refractivity contribution is 9.10. The fourth-order valence-corrected chi connectivity index (χ4v) is 3.10. The van der Waals surface area contributed by atoms with Crippen molar-refractivity contribution >= 4 is 33.6 Å². The fraction of sp³-hybridized carbons (Fsp3) is 0.231. The first-order chi connectivity index (χ1) is 9.28. The molecule has 0 spiro atoms. The number of fused-ring (bicyclic) bond motifs is 1. The molecule has 3 rings (SSSR count). The second kappa shape index (κ2) is 5.30. The van der Waals surface area contributed by atoms with E-state index in [2.05, 4.69) is 20.9 Å². The molecule has 0 saturated carbocycles. The van der Waals surface area contributed by atoms with Crippen molar-refractivity contribution in [3.63, 3.8) is 0 Å². The zero-order valence-electron chi connectivity index (χ0n) is 9.89. The summed E-state index contributed by atoms with van der Waals surface area (Å²) in [6, 6.07) is 3.83. The predicted molar refractivity (Wildman–Crippen MR) is 76.2 cm³/mol. The first kappa shape index (κ1) is 12.6. The summed E-state index contributed by atoms with van der Waals surface area (Å²) in [5.74, 6) is 1.44. The van der Waals surface area contributed by atoms with Gasteiger partial charge in [0, 0.05) is 18.2 Å². The van der Waals surface area contributed by atoms with Crippen LogP contribution in [0, 0.1) is 0 Å². The van der Waals surface area contributed by atoms with Crippen LogP contribution in [-0.4, -0.2) is 24.5 Å². The van der Waals surface area contributed by atoms with Gasteiger partial charge in [-0.15, -0.1) is 11.3 Å². The Morgan fingerprint density at radius 1 is 1.32 bits per heavy atom. The maximum absolute atomic E-state index is 10.7. The van der Waals surface area contributed by atoms with Gasteiger partial charge in [0.15, 0.2) is 17.8 Å². The quantitative estimate of drug-likeness (QED) is 0.785. The van der Waals surface area contributed by atoms with Gasteiger partial charge in [-0.2, -0.15) is 0 Å². The van der Waals surface area contributed by atoms with Crippen LogP contribution in [0.3, 0.4) is 0 Å². The number of carbonyl (C=O) groups is 1. The number of rotatable bonds is 2. The number of hydrogen-bond donors (Lipinski definition) is 0. The van der Waals surface area contributed by atoms with Gasteiger partial charge in [0.25, 0.3) is 0 Å². The number of hydrogen-bond acceptors (Lipinski definition) is 5. The average Bonchev–Trinajstić information content (AvgIpc) is 2.77. The summed E-state index contributed by atoms with van der Waals surface area (Å²) < 4.78 is 12.2. The minimum atomic E-state index is 0.609. The molecule has 2 aromatic rings. The molecule has 6 heteroatoms. The number of aromatic nitrogens is 1. The molecular formula is C13H10BrNO3S. The van der Waals surface area contributed by atoms with Crippen LogP contribution >= 0.6 is 27.3 Å². The third kappa shape index (κ3) is 2.50. The van der Waals surface area contributed by atoms with E-state index in [1.165, 1.54) is 11.3 Å². The molecule has 0 amide bonds. The van der Waals surface area contributed by atoms with Crippen LogP contribution in [0.2, 0.25) is 0 Å². The number of carbonyl (C=O) groups excluding carboxylic acids is 1. The van der Waals surface area contributed by atoms with E-state index in [9.17, 15) is 4.79 Å². The Balaban J connectivity index is 2.05. The van der Waals surface area contributed by atoms with E-state index >= 15 is 0 Å². The van der Waals surface area contributed by atoms with Gasteiger partial charge in [0.05, 0.1) is 22.6 Å². The van der Waals surface area contributed by atoms with E-state index in [-0.39, 0.29) is 0 Å². The first-order valence-electron chi connectivity index (χ1n) is 5.78. The van der Waals surface area contributed by atoms with Crippen molar-refractivity contribution in [2.75, 3.05) is 13.2 Å². The van der Waals surface area contributed by atoms with Gasteiger partial charge in [-0.05, 0) is 28.1 Å². The molecule has 0 N–H and O–H groups in total. The summed E-state index contributed by atoms with van der Waals surface area (Å²) >= 11 is 4.85. The lowest BCUT2D eigenvalue weighted by Crippen LogP contribution is -1.97. The summed E-state index contributed by atoms with van der Waals surface area (Å²) in [4.78, 5) is 15.6. The van der Waals surface area contributed by atoms with E-state index in [0.717, 1.165) is 33.5 Å². The second-order valence-corrected chi connectivity index (χ2v) is 5.94. The van der Waals surface area contributed by atoms with Crippen molar-refractivity contribution in [1.29, 1.82) is 0 Å². The van der Waals surface area contributed by atoms with Crippen molar-refractivity contribution in [3.05, 3.63) is 27.7 Å². The number of thiazole rings is 1. The highest BCUT2D eigenvalue weighted by atomic mass is 79.9. The number of aldehydes is 1. The normalized spacial score (nSPS) is 13.9. The van der Waals surface area contributed by atoms with Gasteiger partial charge in [-0.1, -0.05) is 0 Å². The molecule has 0 atom stereocenters. The van der Waals surface area contributed by atoms with E-state index in [1.807, 2.05) is 12.1 Å². The number of nitrogens with zero attached hydrogens (tertiary/aromatic N) is 1. The van der Waals surface area contributed by atoms with Gasteiger partial charge >= 0.3 is 0 Å². The van der Waals surface area contributed by atoms with Crippen molar-refractivity contribution < 1.29 is 14.3 Å². The summed E-state index contributed by atoms with van der Waals surface area (Å²) in [6.45, 7) is 1.29. The Hall–Kier alpha value is -1.40. The molecule has 0 unspecified atom stereocenters. The number of benzene rings is 1. The molecule has 1 aliphatic heterocycles. The van der Waals surface area contributed by atoms with Crippen LogP contribution in [0.1, 0.15) is 16.1 Å². The summed E-state index contributed by atoms with van der Waals surface area (Å²) in [7, 11) is 0. The molecule has 0 fully saturated rings. The molecule has 19 heavy (non-hydrogen) atoms. The van der Waals surface area contributed by atoms with Gasteiger partial charge in [-0.3, -0.25) is 4.79 Å². The van der Waals surface area contributed by atoms with Crippen molar-refractivity contribution in [3.8, 4) is 22.1 Å². The molecule has 0 aliphatic carbocycles. The molecule has 0 bridgehead atoms. The van der Waals surface area contributed by atoms with E-state index in [4.69, 9.17) is 9.47 Å². The lowest BCUT2D eigenvalue weighted by molar-refractivity contribution is 0.112. The molecule has 1 aromatic heterocycles. The highest BCUT2D eigenvalue weighted by Crippen LogP contribution is 2.41. The first-order valence-corrected chi connectivity index (χ1v) is 7.39. The van der Waals surface area contributed by atoms with Crippen molar-refractivity contribution in [2.24, 2.45) is 0 Å². The van der Waals surface area contributed by atoms with Gasteiger partial charge in [0.1, 0.15) is 5.01 Å².